The molecule has 3 nitrogen and oxygen atoms in total. The van der Waals surface area contributed by atoms with Crippen molar-refractivity contribution in [2.75, 3.05) is 13.2 Å². The predicted molar refractivity (Wildman–Crippen MR) is 77.1 cm³/mol. The number of aromatic nitrogens is 1. The van der Waals surface area contributed by atoms with E-state index in [1.165, 1.54) is 5.56 Å². The fourth-order valence-electron chi connectivity index (χ4n) is 1.70. The number of hydrogen-bond donors (Lipinski definition) is 1. The average Bonchev–Trinajstić information content (AvgIpc) is 2.44. The van der Waals surface area contributed by atoms with Crippen molar-refractivity contribution in [1.82, 2.24) is 10.3 Å². The number of nitrogens with one attached hydrogen (secondary N) is 1. The lowest BCUT2D eigenvalue weighted by atomic mass is 10.2. The molecule has 1 heterocycles. The predicted octanol–water partition coefficient (Wildman–Crippen LogP) is 3.04. The Balaban J connectivity index is 1.58. The summed E-state index contributed by atoms with van der Waals surface area (Å²) in [6.07, 6.45) is 3.64. The van der Waals surface area contributed by atoms with Crippen LogP contribution >= 0.6 is 11.6 Å². The summed E-state index contributed by atoms with van der Waals surface area (Å²) >= 11 is 5.90. The van der Waals surface area contributed by atoms with E-state index in [1.54, 1.807) is 6.20 Å². The first-order chi connectivity index (χ1) is 9.34. The van der Waals surface area contributed by atoms with Gasteiger partial charge in [-0.3, -0.25) is 4.98 Å². The van der Waals surface area contributed by atoms with Crippen LogP contribution in [0.1, 0.15) is 11.1 Å². The normalized spacial score (nSPS) is 10.6. The van der Waals surface area contributed by atoms with Crippen molar-refractivity contribution >= 4 is 11.6 Å². The Morgan fingerprint density at radius 3 is 2.84 bits per heavy atom. The molecule has 0 aliphatic carbocycles. The Morgan fingerprint density at radius 2 is 2.05 bits per heavy atom. The second-order valence-corrected chi connectivity index (χ2v) is 4.66. The van der Waals surface area contributed by atoms with E-state index in [0.29, 0.717) is 13.2 Å². The number of nitrogens with zero attached hydrogens (tertiary/aromatic N) is 1. The molecule has 19 heavy (non-hydrogen) atoms. The van der Waals surface area contributed by atoms with Crippen LogP contribution in [0.25, 0.3) is 0 Å². The first-order valence-electron chi connectivity index (χ1n) is 6.26. The Hall–Kier alpha value is -1.42. The van der Waals surface area contributed by atoms with Crippen molar-refractivity contribution in [3.63, 3.8) is 0 Å². The summed E-state index contributed by atoms with van der Waals surface area (Å²) in [5, 5.41) is 4.05. The summed E-state index contributed by atoms with van der Waals surface area (Å²) in [7, 11) is 0. The minimum Gasteiger partial charge on any atom is -0.375 e. The molecule has 1 N–H and O–H groups in total. The van der Waals surface area contributed by atoms with Crippen molar-refractivity contribution in [3.05, 3.63) is 64.9 Å². The van der Waals surface area contributed by atoms with Crippen LogP contribution in [-0.2, 0) is 17.9 Å². The van der Waals surface area contributed by atoms with Crippen molar-refractivity contribution in [3.8, 4) is 0 Å². The van der Waals surface area contributed by atoms with E-state index >= 15 is 0 Å². The fraction of sp³-hybridized carbons (Fsp3) is 0.267. The Bertz CT molecular complexity index is 491. The molecule has 0 atom stereocenters. The first kappa shape index (κ1) is 14.0. The highest BCUT2D eigenvalue weighted by atomic mass is 35.5. The highest BCUT2D eigenvalue weighted by Gasteiger charge is 1.95. The van der Waals surface area contributed by atoms with Gasteiger partial charge in [-0.05, 0) is 29.3 Å². The van der Waals surface area contributed by atoms with Crippen LogP contribution in [0, 0.1) is 0 Å². The highest BCUT2D eigenvalue weighted by Crippen LogP contribution is 2.11. The zero-order valence-corrected chi connectivity index (χ0v) is 11.4. The van der Waals surface area contributed by atoms with Crippen LogP contribution in [0.15, 0.2) is 48.8 Å². The Morgan fingerprint density at radius 1 is 1.16 bits per heavy atom. The van der Waals surface area contributed by atoms with E-state index < -0.39 is 0 Å². The summed E-state index contributed by atoms with van der Waals surface area (Å²) in [4.78, 5) is 4.06. The number of halogens is 1. The zero-order valence-electron chi connectivity index (χ0n) is 10.7. The standard InChI is InChI=1S/C15H17ClN2O/c16-15-5-1-3-13(9-15)12-19-8-7-18-11-14-4-2-6-17-10-14/h1-6,9-10,18H,7-8,11-12H2. The Labute approximate surface area is 118 Å². The van der Waals surface area contributed by atoms with Crippen molar-refractivity contribution in [2.24, 2.45) is 0 Å². The van der Waals surface area contributed by atoms with Gasteiger partial charge in [-0.1, -0.05) is 29.8 Å². The van der Waals surface area contributed by atoms with Gasteiger partial charge in [-0.2, -0.15) is 0 Å². The van der Waals surface area contributed by atoms with E-state index in [1.807, 2.05) is 42.6 Å². The van der Waals surface area contributed by atoms with E-state index in [9.17, 15) is 0 Å². The molecule has 0 saturated carbocycles. The van der Waals surface area contributed by atoms with Crippen LogP contribution in [0.4, 0.5) is 0 Å². The molecule has 100 valence electrons. The molecule has 0 amide bonds. The third-order valence-electron chi connectivity index (χ3n) is 2.63. The fourth-order valence-corrected chi connectivity index (χ4v) is 1.91. The number of benzene rings is 1. The van der Waals surface area contributed by atoms with Gasteiger partial charge in [0.05, 0.1) is 13.2 Å². The quantitative estimate of drug-likeness (QED) is 0.790. The zero-order chi connectivity index (χ0) is 13.3. The molecule has 1 aromatic carbocycles. The molecule has 0 bridgehead atoms. The Kier molecular flexibility index (Phi) is 5.82. The van der Waals surface area contributed by atoms with Gasteiger partial charge in [-0.25, -0.2) is 0 Å². The van der Waals surface area contributed by atoms with Crippen LogP contribution in [0.2, 0.25) is 5.02 Å². The summed E-state index contributed by atoms with van der Waals surface area (Å²) in [6.45, 7) is 2.89. The van der Waals surface area contributed by atoms with Gasteiger partial charge in [0.25, 0.3) is 0 Å². The topological polar surface area (TPSA) is 34.1 Å². The molecule has 1 aromatic heterocycles. The smallest absolute Gasteiger partial charge is 0.0718 e. The molecular weight excluding hydrogens is 260 g/mol. The average molecular weight is 277 g/mol. The maximum absolute atomic E-state index is 5.90. The molecular formula is C15H17ClN2O. The van der Waals surface area contributed by atoms with Gasteiger partial charge >= 0.3 is 0 Å². The number of ether oxygens (including phenoxy) is 1. The van der Waals surface area contributed by atoms with Crippen molar-refractivity contribution < 1.29 is 4.74 Å². The number of hydrogen-bond acceptors (Lipinski definition) is 3. The molecule has 0 aliphatic heterocycles. The van der Waals surface area contributed by atoms with E-state index in [-0.39, 0.29) is 0 Å². The minimum absolute atomic E-state index is 0.592. The summed E-state index contributed by atoms with van der Waals surface area (Å²) in [5.41, 5.74) is 2.28. The number of rotatable bonds is 7. The van der Waals surface area contributed by atoms with Gasteiger partial charge in [0.1, 0.15) is 0 Å². The lowest BCUT2D eigenvalue weighted by Gasteiger charge is -2.06. The van der Waals surface area contributed by atoms with Crippen LogP contribution < -0.4 is 5.32 Å². The SMILES string of the molecule is Clc1cccc(COCCNCc2cccnc2)c1. The minimum atomic E-state index is 0.592. The molecule has 0 saturated heterocycles. The molecule has 0 spiro atoms. The van der Waals surface area contributed by atoms with Gasteiger partial charge in [-0.15, -0.1) is 0 Å². The lowest BCUT2D eigenvalue weighted by molar-refractivity contribution is 0.122. The molecule has 2 rings (SSSR count). The monoisotopic (exact) mass is 276 g/mol. The van der Waals surface area contributed by atoms with E-state index in [2.05, 4.69) is 10.3 Å². The summed E-state index contributed by atoms with van der Waals surface area (Å²) in [6, 6.07) is 11.7. The first-order valence-corrected chi connectivity index (χ1v) is 6.64. The maximum Gasteiger partial charge on any atom is 0.0718 e. The number of pyridine rings is 1. The molecule has 2 aromatic rings. The van der Waals surface area contributed by atoms with Gasteiger partial charge in [0.2, 0.25) is 0 Å². The molecule has 0 unspecified atom stereocenters. The summed E-state index contributed by atoms with van der Waals surface area (Å²) in [5.74, 6) is 0. The molecule has 0 aliphatic rings. The van der Waals surface area contributed by atoms with Crippen molar-refractivity contribution in [1.29, 1.82) is 0 Å². The summed E-state index contributed by atoms with van der Waals surface area (Å²) < 4.78 is 5.58. The lowest BCUT2D eigenvalue weighted by Crippen LogP contribution is -2.19. The third-order valence-corrected chi connectivity index (χ3v) is 2.87. The van der Waals surface area contributed by atoms with Crippen LogP contribution in [0.5, 0.6) is 0 Å². The van der Waals surface area contributed by atoms with E-state index in [0.717, 1.165) is 23.7 Å². The second kappa shape index (κ2) is 7.89. The molecule has 0 radical (unpaired) electrons. The van der Waals surface area contributed by atoms with Crippen molar-refractivity contribution in [2.45, 2.75) is 13.2 Å². The van der Waals surface area contributed by atoms with E-state index in [4.69, 9.17) is 16.3 Å². The molecule has 4 heteroatoms. The highest BCUT2D eigenvalue weighted by molar-refractivity contribution is 6.30. The second-order valence-electron chi connectivity index (χ2n) is 4.22. The molecule has 0 fully saturated rings. The van der Waals surface area contributed by atoms with Gasteiger partial charge < -0.3 is 10.1 Å². The maximum atomic E-state index is 5.90. The largest absolute Gasteiger partial charge is 0.375 e. The van der Waals surface area contributed by atoms with Gasteiger partial charge in [0.15, 0.2) is 0 Å². The van der Waals surface area contributed by atoms with Gasteiger partial charge in [0, 0.05) is 30.5 Å². The van der Waals surface area contributed by atoms with Crippen LogP contribution in [-0.4, -0.2) is 18.1 Å². The third kappa shape index (κ3) is 5.39. The van der Waals surface area contributed by atoms with Crippen LogP contribution in [0.3, 0.4) is 0 Å².